The summed E-state index contributed by atoms with van der Waals surface area (Å²) < 4.78 is 34.4. The van der Waals surface area contributed by atoms with Crippen LogP contribution < -0.4 is 10.6 Å². The number of hydrogen-bond donors (Lipinski definition) is 3. The third-order valence-corrected chi connectivity index (χ3v) is 7.30. The predicted octanol–water partition coefficient (Wildman–Crippen LogP) is 5.46. The molecule has 1 aliphatic heterocycles. The zero-order valence-electron chi connectivity index (χ0n) is 21.7. The first-order valence-corrected chi connectivity index (χ1v) is 13.3. The first-order valence-electron chi connectivity index (χ1n) is 12.9. The van der Waals surface area contributed by atoms with Crippen molar-refractivity contribution >= 4 is 40.5 Å². The number of likely N-dealkylation sites (tertiary alicyclic amines) is 1. The molecule has 1 fully saturated rings. The summed E-state index contributed by atoms with van der Waals surface area (Å²) >= 11 is 5.81. The molecule has 0 saturated carbocycles. The Labute approximate surface area is 238 Å². The van der Waals surface area contributed by atoms with E-state index in [-0.39, 0.29) is 43.1 Å². The summed E-state index contributed by atoms with van der Waals surface area (Å²) in [4.78, 5) is 38.5. The molecule has 1 aliphatic rings. The largest absolute Gasteiger partial charge is 0.465 e. The van der Waals surface area contributed by atoms with Crippen LogP contribution >= 0.6 is 11.6 Å². The highest BCUT2D eigenvalue weighted by molar-refractivity contribution is 6.30. The van der Waals surface area contributed by atoms with E-state index in [1.807, 2.05) is 12.1 Å². The number of alkyl halides is 1. The SMILES string of the molecule is O=C(O)NCc1cccc(-c2cc(CC(=O)N3C[C@H](F)C[C@H]3C(=O)NCc3cccc(Cl)c3F)cc3ccoc23)c1. The minimum atomic E-state index is -1.37. The Hall–Kier alpha value is -4.44. The van der Waals surface area contributed by atoms with Crippen molar-refractivity contribution in [2.24, 2.45) is 0 Å². The molecule has 0 radical (unpaired) electrons. The number of halogens is 3. The Morgan fingerprint density at radius 1 is 1.02 bits per heavy atom. The topological polar surface area (TPSA) is 112 Å². The lowest BCUT2D eigenvalue weighted by atomic mass is 9.97. The zero-order chi connectivity index (χ0) is 29.1. The predicted molar refractivity (Wildman–Crippen MR) is 148 cm³/mol. The van der Waals surface area contributed by atoms with Gasteiger partial charge in [-0.3, -0.25) is 9.59 Å². The van der Waals surface area contributed by atoms with Gasteiger partial charge in [-0.1, -0.05) is 41.9 Å². The van der Waals surface area contributed by atoms with E-state index in [0.29, 0.717) is 16.7 Å². The van der Waals surface area contributed by atoms with E-state index >= 15 is 0 Å². The highest BCUT2D eigenvalue weighted by Crippen LogP contribution is 2.32. The molecule has 2 heterocycles. The van der Waals surface area contributed by atoms with E-state index in [0.717, 1.165) is 16.5 Å². The maximum absolute atomic E-state index is 14.5. The van der Waals surface area contributed by atoms with Gasteiger partial charge in [0.15, 0.2) is 0 Å². The fraction of sp³-hybridized carbons (Fsp3) is 0.233. The number of hydrogen-bond acceptors (Lipinski definition) is 4. The highest BCUT2D eigenvalue weighted by atomic mass is 35.5. The third-order valence-electron chi connectivity index (χ3n) is 7.01. The van der Waals surface area contributed by atoms with Gasteiger partial charge in [0.1, 0.15) is 23.6 Å². The van der Waals surface area contributed by atoms with Crippen molar-refractivity contribution in [2.75, 3.05) is 6.54 Å². The van der Waals surface area contributed by atoms with Crippen molar-refractivity contribution in [2.45, 2.75) is 38.1 Å². The molecular weight excluding hydrogens is 556 g/mol. The number of carbonyl (C=O) groups is 3. The van der Waals surface area contributed by atoms with Crippen LogP contribution in [0.2, 0.25) is 5.02 Å². The molecule has 3 aromatic carbocycles. The van der Waals surface area contributed by atoms with Crippen molar-refractivity contribution in [3.63, 3.8) is 0 Å². The number of nitrogens with zero attached hydrogens (tertiary/aromatic N) is 1. The second kappa shape index (κ2) is 12.0. The molecule has 1 saturated heterocycles. The third kappa shape index (κ3) is 6.33. The fourth-order valence-corrected chi connectivity index (χ4v) is 5.25. The van der Waals surface area contributed by atoms with Crippen molar-refractivity contribution in [3.05, 3.63) is 94.5 Å². The number of furan rings is 1. The standard InChI is InChI=1S/C30H26ClF2N3O5/c31-24-6-2-5-21(27(24)33)15-34-29(38)25-13-22(32)16-36(25)26(37)12-18-10-20-7-8-41-28(20)23(11-18)19-4-1-3-17(9-19)14-35-30(39)40/h1-11,22,25,35H,12-16H2,(H,34,38)(H,39,40)/t22-,25+/m1/s1. The van der Waals surface area contributed by atoms with E-state index in [4.69, 9.17) is 21.1 Å². The summed E-state index contributed by atoms with van der Waals surface area (Å²) in [7, 11) is 0. The normalized spacial score (nSPS) is 16.6. The zero-order valence-corrected chi connectivity index (χ0v) is 22.5. The second-order valence-corrected chi connectivity index (χ2v) is 10.3. The Bertz CT molecular complexity index is 1620. The lowest BCUT2D eigenvalue weighted by molar-refractivity contribution is -0.138. The van der Waals surface area contributed by atoms with Gasteiger partial charge < -0.3 is 25.1 Å². The molecule has 0 bridgehead atoms. The number of carboxylic acid groups (broad SMARTS) is 1. The molecule has 0 spiro atoms. The number of benzene rings is 3. The van der Waals surface area contributed by atoms with Crippen LogP contribution in [0.4, 0.5) is 13.6 Å². The van der Waals surface area contributed by atoms with Gasteiger partial charge >= 0.3 is 6.09 Å². The number of nitrogens with one attached hydrogen (secondary N) is 2. The molecule has 4 aromatic rings. The quantitative estimate of drug-likeness (QED) is 0.256. The number of amides is 3. The van der Waals surface area contributed by atoms with Crippen LogP contribution in [0, 0.1) is 5.82 Å². The highest BCUT2D eigenvalue weighted by Gasteiger charge is 2.39. The van der Waals surface area contributed by atoms with Gasteiger partial charge in [0, 0.05) is 36.0 Å². The van der Waals surface area contributed by atoms with Gasteiger partial charge in [-0.2, -0.15) is 0 Å². The van der Waals surface area contributed by atoms with Crippen LogP contribution in [0.3, 0.4) is 0 Å². The minimum Gasteiger partial charge on any atom is -0.465 e. The minimum absolute atomic E-state index is 0.0733. The van der Waals surface area contributed by atoms with Gasteiger partial charge in [0.2, 0.25) is 11.8 Å². The van der Waals surface area contributed by atoms with Gasteiger partial charge in [0.25, 0.3) is 0 Å². The van der Waals surface area contributed by atoms with E-state index < -0.39 is 35.9 Å². The Kier molecular flexibility index (Phi) is 8.21. The molecule has 5 rings (SSSR count). The van der Waals surface area contributed by atoms with Gasteiger partial charge in [-0.25, -0.2) is 13.6 Å². The average Bonchev–Trinajstić information content (AvgIpc) is 3.59. The molecule has 1 aromatic heterocycles. The molecule has 0 unspecified atom stereocenters. The van der Waals surface area contributed by atoms with Gasteiger partial charge in [-0.05, 0) is 47.0 Å². The van der Waals surface area contributed by atoms with Crippen molar-refractivity contribution in [1.29, 1.82) is 0 Å². The summed E-state index contributed by atoms with van der Waals surface area (Å²) in [5.74, 6) is -1.64. The molecule has 212 valence electrons. The molecule has 0 aliphatic carbocycles. The lowest BCUT2D eigenvalue weighted by Crippen LogP contribution is -2.46. The van der Waals surface area contributed by atoms with Crippen molar-refractivity contribution in [3.8, 4) is 11.1 Å². The van der Waals surface area contributed by atoms with Gasteiger partial charge in [-0.15, -0.1) is 0 Å². The van der Waals surface area contributed by atoms with E-state index in [1.54, 1.807) is 36.4 Å². The summed E-state index contributed by atoms with van der Waals surface area (Å²) in [6.45, 7) is -0.250. The van der Waals surface area contributed by atoms with Crippen molar-refractivity contribution in [1.82, 2.24) is 15.5 Å². The van der Waals surface area contributed by atoms with Crippen LogP contribution in [0.15, 0.2) is 71.3 Å². The van der Waals surface area contributed by atoms with E-state index in [1.165, 1.54) is 23.3 Å². The van der Waals surface area contributed by atoms with Crippen LogP contribution in [0.1, 0.15) is 23.1 Å². The number of fused-ring (bicyclic) bond motifs is 1. The fourth-order valence-electron chi connectivity index (χ4n) is 5.06. The molecule has 8 nitrogen and oxygen atoms in total. The van der Waals surface area contributed by atoms with Crippen LogP contribution in [0.5, 0.6) is 0 Å². The monoisotopic (exact) mass is 581 g/mol. The first kappa shape index (κ1) is 28.1. The molecule has 11 heteroatoms. The number of carbonyl (C=O) groups excluding carboxylic acids is 2. The molecule has 41 heavy (non-hydrogen) atoms. The summed E-state index contributed by atoms with van der Waals surface area (Å²) in [6.07, 6.45) is -1.21. The van der Waals surface area contributed by atoms with Crippen molar-refractivity contribution < 1.29 is 32.7 Å². The van der Waals surface area contributed by atoms with Crippen LogP contribution in [-0.4, -0.2) is 46.7 Å². The number of rotatable bonds is 8. The smallest absolute Gasteiger partial charge is 0.404 e. The molecular formula is C30H26ClF2N3O5. The summed E-state index contributed by atoms with van der Waals surface area (Å²) in [5.41, 5.74) is 3.62. The van der Waals surface area contributed by atoms with Crippen LogP contribution in [0.25, 0.3) is 22.1 Å². The maximum Gasteiger partial charge on any atom is 0.404 e. The second-order valence-electron chi connectivity index (χ2n) is 9.84. The summed E-state index contributed by atoms with van der Waals surface area (Å²) in [6, 6.07) is 16.0. The van der Waals surface area contributed by atoms with E-state index in [2.05, 4.69) is 10.6 Å². The van der Waals surface area contributed by atoms with E-state index in [9.17, 15) is 23.2 Å². The Balaban J connectivity index is 1.34. The maximum atomic E-state index is 14.5. The molecule has 3 amide bonds. The van der Waals surface area contributed by atoms with Crippen LogP contribution in [-0.2, 0) is 29.1 Å². The Morgan fingerprint density at radius 3 is 2.63 bits per heavy atom. The van der Waals surface area contributed by atoms with Gasteiger partial charge in [0.05, 0.1) is 24.3 Å². The Morgan fingerprint density at radius 2 is 1.83 bits per heavy atom. The lowest BCUT2D eigenvalue weighted by Gasteiger charge is -2.24. The summed E-state index contributed by atoms with van der Waals surface area (Å²) in [5, 5.41) is 14.5. The average molecular weight is 582 g/mol. The first-order chi connectivity index (χ1) is 19.7. The molecule has 2 atom stereocenters. The molecule has 3 N–H and O–H groups in total.